The normalized spacial score (nSPS) is 10.7. The fourth-order valence-electron chi connectivity index (χ4n) is 2.93. The molecule has 0 aliphatic rings. The van der Waals surface area contributed by atoms with Crippen LogP contribution in [0.4, 0.5) is 5.69 Å². The molecule has 0 saturated heterocycles. The van der Waals surface area contributed by atoms with Gasteiger partial charge in [0.2, 0.25) is 0 Å². The minimum Gasteiger partial charge on any atom is -0.545 e. The number of nitrogens with zero attached hydrogens (tertiary/aromatic N) is 1. The molecule has 0 aliphatic heterocycles. The lowest BCUT2D eigenvalue weighted by molar-refractivity contribution is -0.255. The number of benzene rings is 3. The first kappa shape index (κ1) is 23.1. The van der Waals surface area contributed by atoms with Crippen LogP contribution in [0.1, 0.15) is 28.4 Å². The first-order valence-corrected chi connectivity index (χ1v) is 10.2. The highest BCUT2D eigenvalue weighted by Gasteiger charge is 2.10. The van der Waals surface area contributed by atoms with Gasteiger partial charge in [-0.05, 0) is 72.2 Å². The second-order valence-electron chi connectivity index (χ2n) is 6.93. The van der Waals surface area contributed by atoms with Crippen LogP contribution in [0.25, 0.3) is 6.08 Å². The van der Waals surface area contributed by atoms with Crippen molar-refractivity contribution in [3.8, 4) is 17.6 Å². The van der Waals surface area contributed by atoms with Gasteiger partial charge in [-0.25, -0.2) is 0 Å². The Kier molecular flexibility index (Phi) is 7.81. The second kappa shape index (κ2) is 11.2. The van der Waals surface area contributed by atoms with Crippen LogP contribution in [0.5, 0.6) is 11.5 Å². The van der Waals surface area contributed by atoms with Gasteiger partial charge in [0.15, 0.2) is 0 Å². The van der Waals surface area contributed by atoms with Crippen molar-refractivity contribution in [2.24, 2.45) is 0 Å². The first-order chi connectivity index (χ1) is 16.0. The third-order valence-corrected chi connectivity index (χ3v) is 4.55. The van der Waals surface area contributed by atoms with Crippen molar-refractivity contribution in [3.63, 3.8) is 0 Å². The molecule has 166 valence electrons. The summed E-state index contributed by atoms with van der Waals surface area (Å²) < 4.78 is 11.0. The van der Waals surface area contributed by atoms with Crippen LogP contribution in [0.2, 0.25) is 0 Å². The van der Waals surface area contributed by atoms with E-state index in [1.807, 2.05) is 13.0 Å². The Labute approximate surface area is 191 Å². The summed E-state index contributed by atoms with van der Waals surface area (Å²) in [7, 11) is 0. The second-order valence-corrected chi connectivity index (χ2v) is 6.93. The van der Waals surface area contributed by atoms with Crippen LogP contribution in [0.3, 0.4) is 0 Å². The molecule has 0 aromatic heterocycles. The summed E-state index contributed by atoms with van der Waals surface area (Å²) in [6.45, 7) is 2.62. The number of carboxylic acid groups (broad SMARTS) is 1. The molecule has 3 rings (SSSR count). The molecule has 7 heteroatoms. The van der Waals surface area contributed by atoms with Gasteiger partial charge >= 0.3 is 0 Å². The Morgan fingerprint density at radius 1 is 1.00 bits per heavy atom. The molecule has 0 unspecified atom stereocenters. The Bertz CT molecular complexity index is 1190. The van der Waals surface area contributed by atoms with Crippen LogP contribution >= 0.6 is 0 Å². The van der Waals surface area contributed by atoms with E-state index in [4.69, 9.17) is 9.47 Å². The summed E-state index contributed by atoms with van der Waals surface area (Å²) in [5, 5.41) is 23.0. The lowest BCUT2D eigenvalue weighted by atomic mass is 10.1. The highest BCUT2D eigenvalue weighted by Crippen LogP contribution is 2.19. The van der Waals surface area contributed by atoms with E-state index in [0.717, 1.165) is 0 Å². The Morgan fingerprint density at radius 2 is 1.67 bits per heavy atom. The van der Waals surface area contributed by atoms with Gasteiger partial charge in [0.1, 0.15) is 29.7 Å². The van der Waals surface area contributed by atoms with Gasteiger partial charge in [0, 0.05) is 5.69 Å². The largest absolute Gasteiger partial charge is 0.545 e. The average Bonchev–Trinajstić information content (AvgIpc) is 2.83. The molecular weight excluding hydrogens is 420 g/mol. The van der Waals surface area contributed by atoms with E-state index in [-0.39, 0.29) is 17.7 Å². The van der Waals surface area contributed by atoms with Crippen molar-refractivity contribution in [1.29, 1.82) is 5.26 Å². The maximum Gasteiger partial charge on any atom is 0.266 e. The van der Waals surface area contributed by atoms with E-state index in [1.54, 1.807) is 60.7 Å². The molecule has 0 radical (unpaired) electrons. The Hall–Kier alpha value is -4.57. The van der Waals surface area contributed by atoms with E-state index >= 15 is 0 Å². The van der Waals surface area contributed by atoms with Crippen molar-refractivity contribution < 1.29 is 24.2 Å². The summed E-state index contributed by atoms with van der Waals surface area (Å²) in [4.78, 5) is 23.4. The standard InChI is InChI=1S/C26H22N2O5/c1-2-32-23-12-8-22(9-13-23)28-25(29)21(16-27)14-18-6-10-24(11-7-18)33-17-19-4-3-5-20(15-19)26(30)31/h3-15H,2,17H2,1H3,(H,28,29)(H,30,31)/p-1/b21-14+. The summed E-state index contributed by atoms with van der Waals surface area (Å²) in [5.74, 6) is -0.508. The zero-order valence-corrected chi connectivity index (χ0v) is 17.9. The number of rotatable bonds is 9. The summed E-state index contributed by atoms with van der Waals surface area (Å²) in [6.07, 6.45) is 1.48. The van der Waals surface area contributed by atoms with Gasteiger partial charge in [-0.15, -0.1) is 0 Å². The molecule has 0 fully saturated rings. The van der Waals surface area contributed by atoms with Crippen molar-refractivity contribution in [1.82, 2.24) is 0 Å². The average molecular weight is 441 g/mol. The topological polar surface area (TPSA) is 111 Å². The monoisotopic (exact) mass is 441 g/mol. The summed E-state index contributed by atoms with van der Waals surface area (Å²) >= 11 is 0. The minimum absolute atomic E-state index is 0.0448. The van der Waals surface area contributed by atoms with Gasteiger partial charge in [0.05, 0.1) is 12.6 Å². The molecule has 3 aromatic rings. The van der Waals surface area contributed by atoms with Gasteiger partial charge in [0.25, 0.3) is 5.91 Å². The molecule has 0 aliphatic carbocycles. The SMILES string of the molecule is CCOc1ccc(NC(=O)/C(C#N)=C/c2ccc(OCc3cccc(C(=O)[O-])c3)cc2)cc1. The van der Waals surface area contributed by atoms with Crippen LogP contribution in [0.15, 0.2) is 78.4 Å². The molecule has 7 nitrogen and oxygen atoms in total. The van der Waals surface area contributed by atoms with Gasteiger partial charge in [-0.2, -0.15) is 5.26 Å². The van der Waals surface area contributed by atoms with E-state index in [9.17, 15) is 20.0 Å². The predicted octanol–water partition coefficient (Wildman–Crippen LogP) is 3.57. The molecule has 0 heterocycles. The molecule has 1 amide bonds. The number of ether oxygens (including phenoxy) is 2. The molecule has 1 N–H and O–H groups in total. The number of hydrogen-bond donors (Lipinski definition) is 1. The summed E-state index contributed by atoms with van der Waals surface area (Å²) in [6, 6.07) is 22.0. The molecule has 33 heavy (non-hydrogen) atoms. The zero-order valence-electron chi connectivity index (χ0n) is 17.9. The number of hydrogen-bond acceptors (Lipinski definition) is 6. The summed E-state index contributed by atoms with van der Waals surface area (Å²) in [5.41, 5.74) is 1.94. The zero-order chi connectivity index (χ0) is 23.6. The van der Waals surface area contributed by atoms with E-state index in [0.29, 0.717) is 34.9 Å². The molecule has 0 bridgehead atoms. The van der Waals surface area contributed by atoms with Gasteiger partial charge < -0.3 is 24.7 Å². The van der Waals surface area contributed by atoms with E-state index in [2.05, 4.69) is 5.32 Å². The van der Waals surface area contributed by atoms with Crippen molar-refractivity contribution in [2.75, 3.05) is 11.9 Å². The van der Waals surface area contributed by atoms with Crippen LogP contribution in [0, 0.1) is 11.3 Å². The number of carboxylic acids is 1. The van der Waals surface area contributed by atoms with Crippen molar-refractivity contribution in [3.05, 3.63) is 95.1 Å². The van der Waals surface area contributed by atoms with E-state index < -0.39 is 11.9 Å². The van der Waals surface area contributed by atoms with Crippen LogP contribution < -0.4 is 19.9 Å². The molecule has 0 saturated carbocycles. The van der Waals surface area contributed by atoms with Crippen LogP contribution in [-0.4, -0.2) is 18.5 Å². The third-order valence-electron chi connectivity index (χ3n) is 4.55. The smallest absolute Gasteiger partial charge is 0.266 e. The van der Waals surface area contributed by atoms with Gasteiger partial charge in [-0.1, -0.05) is 30.3 Å². The van der Waals surface area contributed by atoms with Crippen LogP contribution in [-0.2, 0) is 11.4 Å². The number of nitrogens with one attached hydrogen (secondary N) is 1. The fourth-order valence-corrected chi connectivity index (χ4v) is 2.93. The molecule has 0 atom stereocenters. The first-order valence-electron chi connectivity index (χ1n) is 10.2. The number of nitriles is 1. The fraction of sp³-hybridized carbons (Fsp3) is 0.115. The number of carbonyl (C=O) groups excluding carboxylic acids is 2. The van der Waals surface area contributed by atoms with Gasteiger partial charge in [-0.3, -0.25) is 4.79 Å². The Morgan fingerprint density at radius 3 is 2.30 bits per heavy atom. The lowest BCUT2D eigenvalue weighted by Gasteiger charge is -2.09. The molecular formula is C26H21N2O5-. The van der Waals surface area contributed by atoms with Crippen molar-refractivity contribution in [2.45, 2.75) is 13.5 Å². The van der Waals surface area contributed by atoms with E-state index in [1.165, 1.54) is 18.2 Å². The maximum atomic E-state index is 12.5. The maximum absolute atomic E-state index is 12.5. The lowest BCUT2D eigenvalue weighted by Crippen LogP contribution is -2.22. The molecule has 0 spiro atoms. The van der Waals surface area contributed by atoms with Crippen molar-refractivity contribution >= 4 is 23.6 Å². The Balaban J connectivity index is 1.62. The highest BCUT2D eigenvalue weighted by atomic mass is 16.5. The number of amides is 1. The third kappa shape index (κ3) is 6.71. The number of anilines is 1. The molecule has 3 aromatic carbocycles. The minimum atomic E-state index is -1.24. The predicted molar refractivity (Wildman–Crippen MR) is 121 cm³/mol. The quantitative estimate of drug-likeness (QED) is 0.401. The number of aromatic carboxylic acids is 1. The highest BCUT2D eigenvalue weighted by molar-refractivity contribution is 6.09. The number of carbonyl (C=O) groups is 2.